The Morgan fingerprint density at radius 2 is 2.00 bits per heavy atom. The summed E-state index contributed by atoms with van der Waals surface area (Å²) in [6.07, 6.45) is 2.50. The molecule has 2 rings (SSSR count). The molecule has 0 aliphatic carbocycles. The van der Waals surface area contributed by atoms with Gasteiger partial charge in [0, 0.05) is 26.5 Å². The van der Waals surface area contributed by atoms with Crippen molar-refractivity contribution < 1.29 is 14.3 Å². The van der Waals surface area contributed by atoms with Crippen LogP contribution in [0, 0.1) is 0 Å². The second kappa shape index (κ2) is 9.08. The molecule has 0 saturated carbocycles. The molecular weight excluding hydrogens is 306 g/mol. The van der Waals surface area contributed by atoms with Gasteiger partial charge in [0.2, 0.25) is 0 Å². The highest BCUT2D eigenvalue weighted by molar-refractivity contribution is 5.92. The van der Waals surface area contributed by atoms with Gasteiger partial charge in [-0.1, -0.05) is 26.0 Å². The summed E-state index contributed by atoms with van der Waals surface area (Å²) in [4.78, 5) is 11.9. The van der Waals surface area contributed by atoms with Gasteiger partial charge in [0.05, 0.1) is 0 Å². The fraction of sp³-hybridized carbons (Fsp3) is 0.444. The molecule has 24 heavy (non-hydrogen) atoms. The zero-order valence-corrected chi connectivity index (χ0v) is 14.5. The third-order valence-electron chi connectivity index (χ3n) is 3.59. The van der Waals surface area contributed by atoms with Crippen LogP contribution in [-0.2, 0) is 11.5 Å². The maximum absolute atomic E-state index is 11.9. The molecule has 0 unspecified atom stereocenters. The van der Waals surface area contributed by atoms with E-state index >= 15 is 0 Å². The standard InChI is InChI=1S/C18H25N3O3/c1-14(2)15-5-7-16(8-6-15)24-13-21-11-9-17(20-21)18(22)19-10-4-12-23-3/h5-9,11,14H,4,10,12-13H2,1-3H3,(H,19,22). The number of carbonyl (C=O) groups excluding carboxylic acids is 1. The summed E-state index contributed by atoms with van der Waals surface area (Å²) in [5.74, 6) is 1.08. The molecule has 6 nitrogen and oxygen atoms in total. The van der Waals surface area contributed by atoms with E-state index in [0.29, 0.717) is 24.8 Å². The van der Waals surface area contributed by atoms with Crippen molar-refractivity contribution in [2.75, 3.05) is 20.3 Å². The number of aromatic nitrogens is 2. The van der Waals surface area contributed by atoms with Crippen molar-refractivity contribution in [2.45, 2.75) is 32.9 Å². The maximum Gasteiger partial charge on any atom is 0.271 e. The van der Waals surface area contributed by atoms with E-state index in [1.165, 1.54) is 5.56 Å². The molecule has 1 aromatic carbocycles. The van der Waals surface area contributed by atoms with Crippen LogP contribution in [0.4, 0.5) is 0 Å². The third-order valence-corrected chi connectivity index (χ3v) is 3.59. The van der Waals surface area contributed by atoms with Gasteiger partial charge in [-0.15, -0.1) is 0 Å². The molecule has 1 amide bonds. The average molecular weight is 331 g/mol. The molecule has 0 atom stereocenters. The molecule has 130 valence electrons. The molecule has 1 N–H and O–H groups in total. The van der Waals surface area contributed by atoms with E-state index in [9.17, 15) is 4.79 Å². The van der Waals surface area contributed by atoms with Crippen molar-refractivity contribution in [3.63, 3.8) is 0 Å². The lowest BCUT2D eigenvalue weighted by atomic mass is 10.0. The van der Waals surface area contributed by atoms with Crippen molar-refractivity contribution in [1.29, 1.82) is 0 Å². The van der Waals surface area contributed by atoms with E-state index in [1.807, 2.05) is 12.1 Å². The van der Waals surface area contributed by atoms with Gasteiger partial charge in [-0.05, 0) is 36.1 Å². The zero-order valence-electron chi connectivity index (χ0n) is 14.5. The molecule has 1 heterocycles. The van der Waals surface area contributed by atoms with Gasteiger partial charge in [0.1, 0.15) is 11.4 Å². The number of hydrogen-bond acceptors (Lipinski definition) is 4. The predicted octanol–water partition coefficient (Wildman–Crippen LogP) is 2.81. The summed E-state index contributed by atoms with van der Waals surface area (Å²) in [6.45, 7) is 5.76. The van der Waals surface area contributed by atoms with E-state index in [2.05, 4.69) is 36.4 Å². The summed E-state index contributed by atoms with van der Waals surface area (Å²) in [5, 5.41) is 7.02. The van der Waals surface area contributed by atoms with Crippen molar-refractivity contribution in [1.82, 2.24) is 15.1 Å². The minimum Gasteiger partial charge on any atom is -0.471 e. The first-order valence-corrected chi connectivity index (χ1v) is 8.13. The Morgan fingerprint density at radius 3 is 2.67 bits per heavy atom. The lowest BCUT2D eigenvalue weighted by molar-refractivity contribution is 0.0941. The van der Waals surface area contributed by atoms with Crippen LogP contribution in [0.25, 0.3) is 0 Å². The first-order valence-electron chi connectivity index (χ1n) is 8.13. The Kier molecular flexibility index (Phi) is 6.81. The van der Waals surface area contributed by atoms with Crippen molar-refractivity contribution >= 4 is 5.91 Å². The lowest BCUT2D eigenvalue weighted by Gasteiger charge is -2.09. The molecule has 0 aliphatic heterocycles. The van der Waals surface area contributed by atoms with Crippen LogP contribution in [0.5, 0.6) is 5.75 Å². The average Bonchev–Trinajstić information content (AvgIpc) is 3.06. The van der Waals surface area contributed by atoms with Crippen LogP contribution >= 0.6 is 0 Å². The van der Waals surface area contributed by atoms with Crippen LogP contribution in [0.15, 0.2) is 36.5 Å². The van der Waals surface area contributed by atoms with E-state index < -0.39 is 0 Å². The third kappa shape index (κ3) is 5.38. The van der Waals surface area contributed by atoms with E-state index in [-0.39, 0.29) is 12.6 Å². The topological polar surface area (TPSA) is 65.4 Å². The Hall–Kier alpha value is -2.34. The van der Waals surface area contributed by atoms with Crippen LogP contribution in [-0.4, -0.2) is 35.9 Å². The van der Waals surface area contributed by atoms with Crippen LogP contribution in [0.2, 0.25) is 0 Å². The Morgan fingerprint density at radius 1 is 1.25 bits per heavy atom. The predicted molar refractivity (Wildman–Crippen MR) is 92.2 cm³/mol. The molecule has 0 saturated heterocycles. The second-order valence-electron chi connectivity index (χ2n) is 5.84. The number of ether oxygens (including phenoxy) is 2. The maximum atomic E-state index is 11.9. The summed E-state index contributed by atoms with van der Waals surface area (Å²) < 4.78 is 12.2. The Bertz CT molecular complexity index is 635. The molecular formula is C18H25N3O3. The van der Waals surface area contributed by atoms with Crippen LogP contribution < -0.4 is 10.1 Å². The van der Waals surface area contributed by atoms with E-state index in [4.69, 9.17) is 9.47 Å². The largest absolute Gasteiger partial charge is 0.471 e. The van der Waals surface area contributed by atoms with Gasteiger partial charge >= 0.3 is 0 Å². The van der Waals surface area contributed by atoms with Gasteiger partial charge in [0.15, 0.2) is 6.73 Å². The fourth-order valence-electron chi connectivity index (χ4n) is 2.15. The van der Waals surface area contributed by atoms with E-state index in [0.717, 1.165) is 12.2 Å². The minimum absolute atomic E-state index is 0.189. The van der Waals surface area contributed by atoms with Crippen LogP contribution in [0.3, 0.4) is 0 Å². The Labute approximate surface area is 142 Å². The van der Waals surface area contributed by atoms with Gasteiger partial charge in [-0.2, -0.15) is 5.10 Å². The first kappa shape index (κ1) is 18.0. The zero-order chi connectivity index (χ0) is 17.4. The number of methoxy groups -OCH3 is 1. The lowest BCUT2D eigenvalue weighted by Crippen LogP contribution is -2.25. The molecule has 0 fully saturated rings. The van der Waals surface area contributed by atoms with Crippen molar-refractivity contribution in [3.8, 4) is 5.75 Å². The van der Waals surface area contributed by atoms with E-state index in [1.54, 1.807) is 24.1 Å². The van der Waals surface area contributed by atoms with Crippen LogP contribution in [0.1, 0.15) is 42.2 Å². The molecule has 0 aliphatic rings. The summed E-state index contributed by atoms with van der Waals surface area (Å²) in [7, 11) is 1.64. The number of benzene rings is 1. The number of rotatable bonds is 9. The molecule has 0 bridgehead atoms. The SMILES string of the molecule is COCCCNC(=O)c1ccn(COc2ccc(C(C)C)cc2)n1. The van der Waals surface area contributed by atoms with Gasteiger partial charge in [-0.3, -0.25) is 4.79 Å². The van der Waals surface area contributed by atoms with Gasteiger partial charge < -0.3 is 14.8 Å². The monoisotopic (exact) mass is 331 g/mol. The van der Waals surface area contributed by atoms with Gasteiger partial charge in [-0.25, -0.2) is 4.68 Å². The van der Waals surface area contributed by atoms with Gasteiger partial charge in [0.25, 0.3) is 5.91 Å². The number of nitrogens with one attached hydrogen (secondary N) is 1. The Balaban J connectivity index is 1.81. The smallest absolute Gasteiger partial charge is 0.271 e. The van der Waals surface area contributed by atoms with Crippen molar-refractivity contribution in [2.24, 2.45) is 0 Å². The number of amides is 1. The highest BCUT2D eigenvalue weighted by Gasteiger charge is 2.09. The summed E-state index contributed by atoms with van der Waals surface area (Å²) in [5.41, 5.74) is 1.65. The summed E-state index contributed by atoms with van der Waals surface area (Å²) in [6, 6.07) is 9.69. The first-order chi connectivity index (χ1) is 11.6. The number of nitrogens with zero attached hydrogens (tertiary/aromatic N) is 2. The molecule has 1 aromatic heterocycles. The molecule has 2 aromatic rings. The van der Waals surface area contributed by atoms with Crippen molar-refractivity contribution in [3.05, 3.63) is 47.8 Å². The number of carbonyl (C=O) groups is 1. The molecule has 0 radical (unpaired) electrons. The quantitative estimate of drug-likeness (QED) is 0.718. The molecule has 0 spiro atoms. The highest BCUT2D eigenvalue weighted by atomic mass is 16.5. The normalized spacial score (nSPS) is 10.8. The molecule has 6 heteroatoms. The fourth-order valence-corrected chi connectivity index (χ4v) is 2.15. The highest BCUT2D eigenvalue weighted by Crippen LogP contribution is 2.18. The summed E-state index contributed by atoms with van der Waals surface area (Å²) >= 11 is 0. The second-order valence-corrected chi connectivity index (χ2v) is 5.84. The minimum atomic E-state index is -0.189. The number of hydrogen-bond donors (Lipinski definition) is 1.